The van der Waals surface area contributed by atoms with Crippen LogP contribution in [0.1, 0.15) is 38.4 Å². The van der Waals surface area contributed by atoms with Crippen molar-refractivity contribution in [3.63, 3.8) is 0 Å². The molecular weight excluding hydrogens is 380 g/mol. The minimum absolute atomic E-state index is 0.127. The maximum absolute atomic E-state index is 11.2. The lowest BCUT2D eigenvalue weighted by Gasteiger charge is -2.31. The molecular formula is C23H26N4O3. The van der Waals surface area contributed by atoms with Gasteiger partial charge in [0.1, 0.15) is 24.1 Å². The number of benzene rings is 1. The van der Waals surface area contributed by atoms with Crippen molar-refractivity contribution in [2.45, 2.75) is 39.7 Å². The van der Waals surface area contributed by atoms with Crippen molar-refractivity contribution in [2.75, 3.05) is 6.61 Å². The molecule has 0 fully saturated rings. The van der Waals surface area contributed by atoms with Crippen molar-refractivity contribution in [1.29, 1.82) is 5.26 Å². The number of aromatic nitrogens is 2. The summed E-state index contributed by atoms with van der Waals surface area (Å²) in [5.41, 5.74) is 3.31. The smallest absolute Gasteiger partial charge is 0.405 e. The second kappa shape index (κ2) is 8.46. The Morgan fingerprint density at radius 3 is 2.80 bits per heavy atom. The van der Waals surface area contributed by atoms with Gasteiger partial charge in [-0.25, -0.2) is 9.78 Å². The molecule has 1 amide bonds. The van der Waals surface area contributed by atoms with Gasteiger partial charge in [0.25, 0.3) is 0 Å². The van der Waals surface area contributed by atoms with Crippen LogP contribution in [0.2, 0.25) is 0 Å². The van der Waals surface area contributed by atoms with Crippen LogP contribution in [0.4, 0.5) is 4.79 Å². The number of nitrogens with one attached hydrogen (secondary N) is 2. The molecule has 1 aromatic carbocycles. The molecule has 7 heteroatoms. The molecule has 2 aromatic heterocycles. The molecule has 156 valence electrons. The molecule has 0 spiro atoms. The Balaban J connectivity index is 1.89. The molecule has 3 aromatic rings. The van der Waals surface area contributed by atoms with Crippen LogP contribution in [0.3, 0.4) is 0 Å². The fraction of sp³-hybridized carbons (Fsp3) is 0.348. The van der Waals surface area contributed by atoms with E-state index in [2.05, 4.69) is 21.4 Å². The van der Waals surface area contributed by atoms with E-state index in [0.29, 0.717) is 17.7 Å². The van der Waals surface area contributed by atoms with Gasteiger partial charge in [-0.3, -0.25) is 0 Å². The van der Waals surface area contributed by atoms with Gasteiger partial charge < -0.3 is 20.1 Å². The summed E-state index contributed by atoms with van der Waals surface area (Å²) in [6.45, 7) is 7.96. The number of nitrogens with zero attached hydrogens (tertiary/aromatic N) is 2. The quantitative estimate of drug-likeness (QED) is 0.519. The van der Waals surface area contributed by atoms with Gasteiger partial charge in [0.2, 0.25) is 0 Å². The molecule has 1 atom stereocenters. The number of amides is 1. The van der Waals surface area contributed by atoms with Crippen LogP contribution in [0.25, 0.3) is 22.2 Å². The van der Waals surface area contributed by atoms with Gasteiger partial charge in [-0.15, -0.1) is 0 Å². The Bertz CT molecular complexity index is 1110. The van der Waals surface area contributed by atoms with E-state index < -0.39 is 11.6 Å². The Morgan fingerprint density at radius 2 is 2.13 bits per heavy atom. The van der Waals surface area contributed by atoms with Crippen LogP contribution in [-0.2, 0) is 0 Å². The first-order valence-corrected chi connectivity index (χ1v) is 9.83. The molecule has 7 nitrogen and oxygen atoms in total. The molecule has 0 saturated carbocycles. The Morgan fingerprint density at radius 1 is 1.37 bits per heavy atom. The first-order valence-electron chi connectivity index (χ1n) is 9.83. The summed E-state index contributed by atoms with van der Waals surface area (Å²) in [6, 6.07) is 11.6. The van der Waals surface area contributed by atoms with Crippen LogP contribution in [0.5, 0.6) is 5.75 Å². The van der Waals surface area contributed by atoms with E-state index in [1.165, 1.54) is 0 Å². The molecule has 0 radical (unpaired) electrons. The summed E-state index contributed by atoms with van der Waals surface area (Å²) < 4.78 is 5.91. The third-order valence-electron chi connectivity index (χ3n) is 4.89. The number of pyridine rings is 1. The molecule has 3 rings (SSSR count). The standard InChI is InChI=1S/C23H26N4O3/c1-14(2)11-23(4,27-22(28)29)13-30-20-6-5-16(10-17(20)12-24)18-7-8-25-21-19(18)9-15(3)26-21/h5-10,14,27H,11,13H2,1-4H3,(H,25,26)(H,28,29). The van der Waals surface area contributed by atoms with Crippen molar-refractivity contribution in [1.82, 2.24) is 15.3 Å². The zero-order valence-corrected chi connectivity index (χ0v) is 17.6. The average Bonchev–Trinajstić information content (AvgIpc) is 3.05. The maximum atomic E-state index is 11.2. The number of fused-ring (bicyclic) bond motifs is 1. The van der Waals surface area contributed by atoms with Crippen molar-refractivity contribution in [2.24, 2.45) is 5.92 Å². The molecule has 30 heavy (non-hydrogen) atoms. The summed E-state index contributed by atoms with van der Waals surface area (Å²) in [7, 11) is 0. The van der Waals surface area contributed by atoms with Crippen molar-refractivity contribution < 1.29 is 14.6 Å². The third kappa shape index (κ3) is 4.71. The van der Waals surface area contributed by atoms with E-state index in [1.54, 1.807) is 18.3 Å². The molecule has 1 unspecified atom stereocenters. The number of nitriles is 1. The van der Waals surface area contributed by atoms with E-state index >= 15 is 0 Å². The van der Waals surface area contributed by atoms with Crippen molar-refractivity contribution in [3.05, 3.63) is 47.8 Å². The van der Waals surface area contributed by atoms with Crippen molar-refractivity contribution >= 4 is 17.1 Å². The second-order valence-electron chi connectivity index (χ2n) is 8.27. The fourth-order valence-corrected chi connectivity index (χ4v) is 3.86. The van der Waals surface area contributed by atoms with E-state index in [1.807, 2.05) is 45.9 Å². The van der Waals surface area contributed by atoms with Crippen molar-refractivity contribution in [3.8, 4) is 22.9 Å². The number of hydrogen-bond acceptors (Lipinski definition) is 4. The van der Waals surface area contributed by atoms with E-state index in [9.17, 15) is 15.2 Å². The number of rotatable bonds is 7. The number of hydrogen-bond donors (Lipinski definition) is 3. The average molecular weight is 406 g/mol. The lowest BCUT2D eigenvalue weighted by atomic mass is 9.91. The predicted molar refractivity (Wildman–Crippen MR) is 115 cm³/mol. The van der Waals surface area contributed by atoms with E-state index in [-0.39, 0.29) is 12.5 Å². The molecule has 0 aliphatic heterocycles. The molecule has 0 aliphatic rings. The van der Waals surface area contributed by atoms with Crippen LogP contribution in [0, 0.1) is 24.2 Å². The lowest BCUT2D eigenvalue weighted by Crippen LogP contribution is -2.50. The predicted octanol–water partition coefficient (Wildman–Crippen LogP) is 4.86. The molecule has 0 saturated heterocycles. The third-order valence-corrected chi connectivity index (χ3v) is 4.89. The monoisotopic (exact) mass is 406 g/mol. The molecule has 3 N–H and O–H groups in total. The number of aryl methyl sites for hydroxylation is 1. The maximum Gasteiger partial charge on any atom is 0.405 e. The highest BCUT2D eigenvalue weighted by Crippen LogP contribution is 2.32. The summed E-state index contributed by atoms with van der Waals surface area (Å²) in [4.78, 5) is 18.8. The van der Waals surface area contributed by atoms with E-state index in [0.717, 1.165) is 27.9 Å². The minimum atomic E-state index is -1.10. The Kier molecular flexibility index (Phi) is 5.97. The number of carboxylic acid groups (broad SMARTS) is 1. The van der Waals surface area contributed by atoms with Gasteiger partial charge in [-0.05, 0) is 61.6 Å². The van der Waals surface area contributed by atoms with Gasteiger partial charge in [0, 0.05) is 17.3 Å². The zero-order valence-electron chi connectivity index (χ0n) is 17.6. The summed E-state index contributed by atoms with van der Waals surface area (Å²) in [5.74, 6) is 0.709. The Labute approximate surface area is 175 Å². The van der Waals surface area contributed by atoms with Crippen LogP contribution < -0.4 is 10.1 Å². The number of H-pyrrole nitrogens is 1. The highest BCUT2D eigenvalue weighted by molar-refractivity contribution is 5.93. The molecule has 0 bridgehead atoms. The van der Waals surface area contributed by atoms with Crippen LogP contribution >= 0.6 is 0 Å². The summed E-state index contributed by atoms with van der Waals surface area (Å²) in [5, 5.41) is 22.4. The van der Waals surface area contributed by atoms with Gasteiger partial charge in [0.15, 0.2) is 0 Å². The van der Waals surface area contributed by atoms with E-state index in [4.69, 9.17) is 4.74 Å². The zero-order chi connectivity index (χ0) is 21.9. The first kappa shape index (κ1) is 21.2. The fourth-order valence-electron chi connectivity index (χ4n) is 3.86. The minimum Gasteiger partial charge on any atom is -0.490 e. The SMILES string of the molecule is Cc1cc2c(-c3ccc(OCC(C)(CC(C)C)NC(=O)O)c(C#N)c3)ccnc2[nH]1. The lowest BCUT2D eigenvalue weighted by molar-refractivity contribution is 0.143. The van der Waals surface area contributed by atoms with Gasteiger partial charge in [-0.2, -0.15) is 5.26 Å². The number of aromatic amines is 1. The summed E-state index contributed by atoms with van der Waals surface area (Å²) >= 11 is 0. The molecule has 2 heterocycles. The first-order chi connectivity index (χ1) is 14.2. The normalized spacial score (nSPS) is 13.1. The number of carbonyl (C=O) groups is 1. The Hall–Kier alpha value is -3.53. The largest absolute Gasteiger partial charge is 0.490 e. The van der Waals surface area contributed by atoms with Gasteiger partial charge in [-0.1, -0.05) is 19.9 Å². The van der Waals surface area contributed by atoms with Gasteiger partial charge >= 0.3 is 6.09 Å². The van der Waals surface area contributed by atoms with Crippen LogP contribution in [-0.4, -0.2) is 33.3 Å². The second-order valence-corrected chi connectivity index (χ2v) is 8.27. The van der Waals surface area contributed by atoms with Crippen LogP contribution in [0.15, 0.2) is 36.5 Å². The van der Waals surface area contributed by atoms with Gasteiger partial charge in [0.05, 0.1) is 11.1 Å². The highest BCUT2D eigenvalue weighted by Gasteiger charge is 2.29. The highest BCUT2D eigenvalue weighted by atomic mass is 16.5. The topological polar surface area (TPSA) is 111 Å². The summed E-state index contributed by atoms with van der Waals surface area (Å²) in [6.07, 6.45) is 1.25. The molecule has 0 aliphatic carbocycles. The number of ether oxygens (including phenoxy) is 1.